The predicted octanol–water partition coefficient (Wildman–Crippen LogP) is 1.43. The maximum atomic E-state index is 12.5. The summed E-state index contributed by atoms with van der Waals surface area (Å²) < 4.78 is 26.5. The lowest BCUT2D eigenvalue weighted by Crippen LogP contribution is -2.05. The van der Waals surface area contributed by atoms with Crippen molar-refractivity contribution >= 4 is 5.82 Å². The molecule has 1 atom stereocenters. The lowest BCUT2D eigenvalue weighted by Gasteiger charge is -1.98. The second kappa shape index (κ2) is 2.43. The van der Waals surface area contributed by atoms with Gasteiger partial charge in [0.15, 0.2) is 0 Å². The number of aryl methyl sites for hydroxylation is 1. The highest BCUT2D eigenvalue weighted by Gasteiger charge is 2.56. The van der Waals surface area contributed by atoms with Crippen LogP contribution >= 0.6 is 0 Å². The molecule has 1 unspecified atom stereocenters. The molecule has 1 aromatic heterocycles. The molecule has 72 valence electrons. The van der Waals surface area contributed by atoms with Crippen molar-refractivity contribution in [2.24, 2.45) is 5.92 Å². The quantitative estimate of drug-likeness (QED) is 0.761. The second-order valence-corrected chi connectivity index (χ2v) is 3.58. The molecule has 2 rings (SSSR count). The van der Waals surface area contributed by atoms with E-state index in [-0.39, 0.29) is 13.0 Å². The fourth-order valence-electron chi connectivity index (χ4n) is 1.32. The Morgan fingerprint density at radius 3 is 2.77 bits per heavy atom. The summed E-state index contributed by atoms with van der Waals surface area (Å²) in [6.45, 7) is 2.08. The number of hydrogen-bond acceptors (Lipinski definition) is 2. The molecule has 0 amide bonds. The third-order valence-corrected chi connectivity index (χ3v) is 2.35. The molecule has 5 heteroatoms. The minimum absolute atomic E-state index is 0.0220. The van der Waals surface area contributed by atoms with Crippen molar-refractivity contribution in [3.05, 3.63) is 11.8 Å². The Balaban J connectivity index is 2.03. The average molecular weight is 187 g/mol. The number of aromatic nitrogens is 2. The largest absolute Gasteiger partial charge is 0.382 e. The summed E-state index contributed by atoms with van der Waals surface area (Å²) in [6, 6.07) is 0. The van der Waals surface area contributed by atoms with E-state index in [1.807, 2.05) is 6.92 Å². The van der Waals surface area contributed by atoms with Crippen LogP contribution in [-0.4, -0.2) is 15.7 Å². The van der Waals surface area contributed by atoms with Crippen LogP contribution in [0.3, 0.4) is 0 Å². The highest BCUT2D eigenvalue weighted by Crippen LogP contribution is 2.49. The first-order valence-corrected chi connectivity index (χ1v) is 4.16. The molecular weight excluding hydrogens is 176 g/mol. The van der Waals surface area contributed by atoms with Gasteiger partial charge in [-0.25, -0.2) is 8.78 Å². The zero-order valence-corrected chi connectivity index (χ0v) is 7.30. The first-order chi connectivity index (χ1) is 5.99. The highest BCUT2D eigenvalue weighted by atomic mass is 19.3. The van der Waals surface area contributed by atoms with Crippen LogP contribution in [0.1, 0.15) is 12.0 Å². The minimum atomic E-state index is -2.48. The van der Waals surface area contributed by atoms with Gasteiger partial charge in [0.2, 0.25) is 0 Å². The molecule has 0 bridgehead atoms. The monoisotopic (exact) mass is 187 g/mol. The van der Waals surface area contributed by atoms with E-state index in [4.69, 9.17) is 5.73 Å². The number of alkyl halides is 2. The van der Waals surface area contributed by atoms with Crippen LogP contribution in [-0.2, 0) is 6.54 Å². The molecule has 13 heavy (non-hydrogen) atoms. The van der Waals surface area contributed by atoms with Gasteiger partial charge in [-0.05, 0) is 6.92 Å². The van der Waals surface area contributed by atoms with Gasteiger partial charge in [0.1, 0.15) is 5.82 Å². The summed E-state index contributed by atoms with van der Waals surface area (Å²) in [5, 5.41) is 3.92. The van der Waals surface area contributed by atoms with Gasteiger partial charge in [0.25, 0.3) is 5.92 Å². The SMILES string of the molecule is Cc1cn(CC2CC2(F)F)nc1N. The third kappa shape index (κ3) is 1.50. The van der Waals surface area contributed by atoms with Gasteiger partial charge in [-0.2, -0.15) is 5.10 Å². The lowest BCUT2D eigenvalue weighted by atomic mass is 10.4. The molecule has 1 fully saturated rings. The van der Waals surface area contributed by atoms with Gasteiger partial charge in [0, 0.05) is 30.6 Å². The van der Waals surface area contributed by atoms with E-state index in [9.17, 15) is 8.78 Å². The molecule has 1 aliphatic rings. The van der Waals surface area contributed by atoms with Gasteiger partial charge in [-0.3, -0.25) is 4.68 Å². The van der Waals surface area contributed by atoms with E-state index >= 15 is 0 Å². The third-order valence-electron chi connectivity index (χ3n) is 2.35. The minimum Gasteiger partial charge on any atom is -0.382 e. The first-order valence-electron chi connectivity index (χ1n) is 4.16. The number of halogens is 2. The number of anilines is 1. The van der Waals surface area contributed by atoms with Crippen molar-refractivity contribution in [2.75, 3.05) is 5.73 Å². The molecule has 3 nitrogen and oxygen atoms in total. The molecule has 2 N–H and O–H groups in total. The molecule has 0 aromatic carbocycles. The maximum absolute atomic E-state index is 12.5. The number of hydrogen-bond donors (Lipinski definition) is 1. The average Bonchev–Trinajstić information content (AvgIpc) is 2.44. The summed E-state index contributed by atoms with van der Waals surface area (Å²) in [5.41, 5.74) is 6.32. The highest BCUT2D eigenvalue weighted by molar-refractivity contribution is 5.35. The maximum Gasteiger partial charge on any atom is 0.253 e. The Morgan fingerprint density at radius 1 is 1.77 bits per heavy atom. The van der Waals surface area contributed by atoms with Crippen molar-refractivity contribution in [1.82, 2.24) is 9.78 Å². The molecule has 0 radical (unpaired) electrons. The number of rotatable bonds is 2. The molecule has 0 aliphatic heterocycles. The summed E-state index contributed by atoms with van der Waals surface area (Å²) in [6.07, 6.45) is 1.68. The van der Waals surface area contributed by atoms with Crippen molar-refractivity contribution in [1.29, 1.82) is 0 Å². The van der Waals surface area contributed by atoms with Gasteiger partial charge < -0.3 is 5.73 Å². The predicted molar refractivity (Wildman–Crippen MR) is 44.4 cm³/mol. The van der Waals surface area contributed by atoms with Gasteiger partial charge in [-0.1, -0.05) is 0 Å². The zero-order chi connectivity index (χ0) is 9.64. The zero-order valence-electron chi connectivity index (χ0n) is 7.30. The Hall–Kier alpha value is -1.13. The fraction of sp³-hybridized carbons (Fsp3) is 0.625. The van der Waals surface area contributed by atoms with E-state index in [2.05, 4.69) is 5.10 Å². The molecule has 1 aliphatic carbocycles. The van der Waals surface area contributed by atoms with Crippen LogP contribution in [0.15, 0.2) is 6.20 Å². The first kappa shape index (κ1) is 8.47. The Kier molecular flexibility index (Phi) is 1.58. The summed E-state index contributed by atoms with van der Waals surface area (Å²) in [5.74, 6) is -2.61. The van der Waals surface area contributed by atoms with E-state index in [0.29, 0.717) is 5.82 Å². The van der Waals surface area contributed by atoms with Crippen LogP contribution in [0.4, 0.5) is 14.6 Å². The standard InChI is InChI=1S/C8H11F2N3/c1-5-3-13(12-7(5)11)4-6-2-8(6,9)10/h3,6H,2,4H2,1H3,(H2,11,12). The Morgan fingerprint density at radius 2 is 2.38 bits per heavy atom. The van der Waals surface area contributed by atoms with Crippen LogP contribution in [0.25, 0.3) is 0 Å². The molecule has 0 saturated heterocycles. The molecule has 1 aromatic rings. The molecular formula is C8H11F2N3. The van der Waals surface area contributed by atoms with E-state index in [1.165, 1.54) is 4.68 Å². The van der Waals surface area contributed by atoms with Crippen molar-refractivity contribution in [3.63, 3.8) is 0 Å². The van der Waals surface area contributed by atoms with Gasteiger partial charge >= 0.3 is 0 Å². The van der Waals surface area contributed by atoms with E-state index < -0.39 is 11.8 Å². The normalized spacial score (nSPS) is 24.7. The number of nitrogen functional groups attached to an aromatic ring is 1. The van der Waals surface area contributed by atoms with Crippen LogP contribution in [0.2, 0.25) is 0 Å². The van der Waals surface area contributed by atoms with Crippen LogP contribution in [0, 0.1) is 12.8 Å². The van der Waals surface area contributed by atoms with Crippen molar-refractivity contribution in [2.45, 2.75) is 25.8 Å². The van der Waals surface area contributed by atoms with Crippen molar-refractivity contribution < 1.29 is 8.78 Å². The van der Waals surface area contributed by atoms with Gasteiger partial charge in [0.05, 0.1) is 0 Å². The Labute approximate surface area is 74.5 Å². The van der Waals surface area contributed by atoms with E-state index in [0.717, 1.165) is 5.56 Å². The summed E-state index contributed by atoms with van der Waals surface area (Å²) in [4.78, 5) is 0. The van der Waals surface area contributed by atoms with Crippen molar-refractivity contribution in [3.8, 4) is 0 Å². The topological polar surface area (TPSA) is 43.8 Å². The molecule has 1 saturated carbocycles. The van der Waals surface area contributed by atoms with E-state index in [1.54, 1.807) is 6.20 Å². The number of nitrogens with two attached hydrogens (primary N) is 1. The van der Waals surface area contributed by atoms with Crippen LogP contribution in [0.5, 0.6) is 0 Å². The smallest absolute Gasteiger partial charge is 0.253 e. The Bertz CT molecular complexity index is 313. The second-order valence-electron chi connectivity index (χ2n) is 3.58. The fourth-order valence-corrected chi connectivity index (χ4v) is 1.32. The summed E-state index contributed by atoms with van der Waals surface area (Å²) >= 11 is 0. The van der Waals surface area contributed by atoms with Crippen LogP contribution < -0.4 is 5.73 Å². The molecule has 1 heterocycles. The lowest BCUT2D eigenvalue weighted by molar-refractivity contribution is 0.0942. The summed E-state index contributed by atoms with van der Waals surface area (Å²) in [7, 11) is 0. The van der Waals surface area contributed by atoms with Gasteiger partial charge in [-0.15, -0.1) is 0 Å². The molecule has 0 spiro atoms. The number of nitrogens with zero attached hydrogens (tertiary/aromatic N) is 2.